The van der Waals surface area contributed by atoms with E-state index < -0.39 is 0 Å². The second kappa shape index (κ2) is 5.09. The fourth-order valence-electron chi connectivity index (χ4n) is 2.42. The van der Waals surface area contributed by atoms with Crippen LogP contribution in [-0.4, -0.2) is 12.0 Å². The highest BCUT2D eigenvalue weighted by Gasteiger charge is 2.26. The molecule has 1 aromatic carbocycles. The first-order valence-electron chi connectivity index (χ1n) is 6.08. The van der Waals surface area contributed by atoms with Gasteiger partial charge in [-0.2, -0.15) is 0 Å². The van der Waals surface area contributed by atoms with E-state index in [1.165, 1.54) is 5.56 Å². The van der Waals surface area contributed by atoms with Crippen molar-refractivity contribution in [2.24, 2.45) is 5.92 Å². The molecule has 0 amide bonds. The fraction of sp³-hybridized carbons (Fsp3) is 0.571. The molecule has 0 spiro atoms. The Bertz CT molecular complexity index is 350. The lowest BCUT2D eigenvalue weighted by atomic mass is 9.89. The van der Waals surface area contributed by atoms with E-state index in [0.717, 1.165) is 25.2 Å². The van der Waals surface area contributed by atoms with Crippen molar-refractivity contribution in [3.05, 3.63) is 29.8 Å². The molecule has 1 nitrogen and oxygen atoms in total. The molecule has 0 saturated heterocycles. The minimum Gasteiger partial charge on any atom is -0.493 e. The summed E-state index contributed by atoms with van der Waals surface area (Å²) >= 11 is 6.28. The van der Waals surface area contributed by atoms with Gasteiger partial charge in [0.15, 0.2) is 0 Å². The van der Waals surface area contributed by atoms with Crippen molar-refractivity contribution in [3.63, 3.8) is 0 Å². The number of halogens is 1. The molecule has 1 aliphatic heterocycles. The zero-order valence-corrected chi connectivity index (χ0v) is 10.7. The first-order chi connectivity index (χ1) is 7.72. The number of benzene rings is 1. The standard InChI is InChI=1S/C14H19ClO/c1-3-13(15)10(2)8-11-9-16-14-7-5-4-6-12(11)14/h4-7,10-11,13H,3,8-9H2,1-2H3. The molecule has 0 aromatic heterocycles. The Labute approximate surface area is 103 Å². The summed E-state index contributed by atoms with van der Waals surface area (Å²) in [6.07, 6.45) is 2.16. The number of alkyl halides is 1. The highest BCUT2D eigenvalue weighted by Crippen LogP contribution is 2.38. The number of para-hydroxylation sites is 1. The van der Waals surface area contributed by atoms with Crippen LogP contribution in [0.15, 0.2) is 24.3 Å². The molecule has 16 heavy (non-hydrogen) atoms. The third-order valence-electron chi connectivity index (χ3n) is 3.46. The minimum absolute atomic E-state index is 0.285. The largest absolute Gasteiger partial charge is 0.493 e. The molecule has 3 unspecified atom stereocenters. The predicted molar refractivity (Wildman–Crippen MR) is 68.4 cm³/mol. The molecule has 2 rings (SSSR count). The number of ether oxygens (including phenoxy) is 1. The first kappa shape index (κ1) is 11.8. The van der Waals surface area contributed by atoms with Gasteiger partial charge < -0.3 is 4.74 Å². The van der Waals surface area contributed by atoms with Crippen LogP contribution in [0, 0.1) is 5.92 Å². The molecular weight excluding hydrogens is 220 g/mol. The highest BCUT2D eigenvalue weighted by molar-refractivity contribution is 6.20. The van der Waals surface area contributed by atoms with Gasteiger partial charge in [0.25, 0.3) is 0 Å². The summed E-state index contributed by atoms with van der Waals surface area (Å²) in [7, 11) is 0. The van der Waals surface area contributed by atoms with Crippen molar-refractivity contribution in [2.45, 2.75) is 38.0 Å². The Morgan fingerprint density at radius 3 is 2.94 bits per heavy atom. The third kappa shape index (κ3) is 2.35. The molecule has 0 fully saturated rings. The van der Waals surface area contributed by atoms with Crippen LogP contribution in [-0.2, 0) is 0 Å². The van der Waals surface area contributed by atoms with Crippen LogP contribution in [0.3, 0.4) is 0 Å². The van der Waals surface area contributed by atoms with E-state index in [2.05, 4.69) is 32.0 Å². The van der Waals surface area contributed by atoms with E-state index in [1.807, 2.05) is 6.07 Å². The van der Waals surface area contributed by atoms with Crippen LogP contribution in [0.2, 0.25) is 0 Å². The van der Waals surface area contributed by atoms with Gasteiger partial charge in [-0.15, -0.1) is 11.6 Å². The van der Waals surface area contributed by atoms with Crippen LogP contribution in [0.1, 0.15) is 38.2 Å². The maximum absolute atomic E-state index is 6.28. The molecule has 1 heterocycles. The summed E-state index contributed by atoms with van der Waals surface area (Å²) < 4.78 is 5.68. The third-order valence-corrected chi connectivity index (χ3v) is 4.20. The van der Waals surface area contributed by atoms with Gasteiger partial charge in [0.2, 0.25) is 0 Å². The lowest BCUT2D eigenvalue weighted by Gasteiger charge is -2.19. The predicted octanol–water partition coefficient (Wildman–Crippen LogP) is 4.21. The molecule has 0 bridgehead atoms. The summed E-state index contributed by atoms with van der Waals surface area (Å²) in [5, 5.41) is 0.285. The Hall–Kier alpha value is -0.690. The Balaban J connectivity index is 2.03. The van der Waals surface area contributed by atoms with Crippen LogP contribution in [0.25, 0.3) is 0 Å². The number of hydrogen-bond donors (Lipinski definition) is 0. The van der Waals surface area contributed by atoms with Crippen LogP contribution in [0.4, 0.5) is 0 Å². The molecule has 0 saturated carbocycles. The highest BCUT2D eigenvalue weighted by atomic mass is 35.5. The second-order valence-electron chi connectivity index (χ2n) is 4.68. The fourth-order valence-corrected chi connectivity index (χ4v) is 2.53. The average Bonchev–Trinajstić information content (AvgIpc) is 2.72. The molecule has 88 valence electrons. The lowest BCUT2D eigenvalue weighted by Crippen LogP contribution is -2.15. The quantitative estimate of drug-likeness (QED) is 0.715. The Kier molecular flexibility index (Phi) is 3.75. The van der Waals surface area contributed by atoms with Crippen molar-refractivity contribution >= 4 is 11.6 Å². The maximum Gasteiger partial charge on any atom is 0.122 e. The van der Waals surface area contributed by atoms with Crippen molar-refractivity contribution in [1.82, 2.24) is 0 Å². The van der Waals surface area contributed by atoms with Crippen molar-refractivity contribution < 1.29 is 4.74 Å². The van der Waals surface area contributed by atoms with Gasteiger partial charge in [-0.05, 0) is 24.8 Å². The summed E-state index contributed by atoms with van der Waals surface area (Å²) in [6, 6.07) is 8.34. The normalized spacial score (nSPS) is 22.3. The monoisotopic (exact) mass is 238 g/mol. The maximum atomic E-state index is 6.28. The zero-order chi connectivity index (χ0) is 11.5. The minimum atomic E-state index is 0.285. The topological polar surface area (TPSA) is 9.23 Å². The summed E-state index contributed by atoms with van der Waals surface area (Å²) in [5.41, 5.74) is 1.36. The van der Waals surface area contributed by atoms with E-state index in [4.69, 9.17) is 16.3 Å². The lowest BCUT2D eigenvalue weighted by molar-refractivity contribution is 0.307. The molecule has 3 atom stereocenters. The average molecular weight is 239 g/mol. The second-order valence-corrected chi connectivity index (χ2v) is 5.24. The van der Waals surface area contributed by atoms with Gasteiger partial charge in [-0.1, -0.05) is 32.0 Å². The number of rotatable bonds is 4. The van der Waals surface area contributed by atoms with Gasteiger partial charge in [-0.3, -0.25) is 0 Å². The summed E-state index contributed by atoms with van der Waals surface area (Å²) in [4.78, 5) is 0. The van der Waals surface area contributed by atoms with Crippen LogP contribution >= 0.6 is 11.6 Å². The van der Waals surface area contributed by atoms with Gasteiger partial charge in [-0.25, -0.2) is 0 Å². The van der Waals surface area contributed by atoms with E-state index in [1.54, 1.807) is 0 Å². The van der Waals surface area contributed by atoms with Gasteiger partial charge in [0.05, 0.1) is 6.61 Å². The molecule has 0 aliphatic carbocycles. The number of fused-ring (bicyclic) bond motifs is 1. The van der Waals surface area contributed by atoms with E-state index >= 15 is 0 Å². The summed E-state index contributed by atoms with van der Waals surface area (Å²) in [5.74, 6) is 2.13. The molecule has 1 aromatic rings. The molecule has 0 N–H and O–H groups in total. The van der Waals surface area contributed by atoms with Gasteiger partial charge in [0.1, 0.15) is 5.75 Å². The van der Waals surface area contributed by atoms with E-state index in [9.17, 15) is 0 Å². The molecule has 1 aliphatic rings. The zero-order valence-electron chi connectivity index (χ0n) is 9.95. The van der Waals surface area contributed by atoms with Crippen LogP contribution in [0.5, 0.6) is 5.75 Å². The Morgan fingerprint density at radius 1 is 1.44 bits per heavy atom. The van der Waals surface area contributed by atoms with Crippen molar-refractivity contribution in [1.29, 1.82) is 0 Å². The van der Waals surface area contributed by atoms with Crippen LogP contribution < -0.4 is 4.74 Å². The van der Waals surface area contributed by atoms with Crippen molar-refractivity contribution in [3.8, 4) is 5.75 Å². The van der Waals surface area contributed by atoms with Gasteiger partial charge >= 0.3 is 0 Å². The Morgan fingerprint density at radius 2 is 2.19 bits per heavy atom. The smallest absolute Gasteiger partial charge is 0.122 e. The van der Waals surface area contributed by atoms with E-state index in [-0.39, 0.29) is 5.38 Å². The van der Waals surface area contributed by atoms with E-state index in [0.29, 0.717) is 11.8 Å². The SMILES string of the molecule is CCC(Cl)C(C)CC1COc2ccccc21. The van der Waals surface area contributed by atoms with Gasteiger partial charge in [0, 0.05) is 16.9 Å². The molecule has 2 heteroatoms. The molecular formula is C14H19ClO. The summed E-state index contributed by atoms with van der Waals surface area (Å²) in [6.45, 7) is 5.20. The van der Waals surface area contributed by atoms with Crippen molar-refractivity contribution in [2.75, 3.05) is 6.61 Å². The number of hydrogen-bond acceptors (Lipinski definition) is 1. The molecule has 0 radical (unpaired) electrons. The first-order valence-corrected chi connectivity index (χ1v) is 6.51.